The molecule has 1 unspecified atom stereocenters. The molecule has 1 atom stereocenters. The monoisotopic (exact) mass is 240 g/mol. The van der Waals surface area contributed by atoms with Crippen LogP contribution in [0, 0.1) is 6.92 Å². The van der Waals surface area contributed by atoms with Gasteiger partial charge in [-0.1, -0.05) is 12.1 Å². The van der Waals surface area contributed by atoms with Crippen LogP contribution in [0.4, 0.5) is 0 Å². The highest BCUT2D eigenvalue weighted by Gasteiger charge is 2.06. The van der Waals surface area contributed by atoms with Crippen LogP contribution in [0.1, 0.15) is 25.1 Å². The third-order valence-electron chi connectivity index (χ3n) is 1.97. The zero-order valence-electron chi connectivity index (χ0n) is 9.77. The van der Waals surface area contributed by atoms with Gasteiger partial charge in [0.2, 0.25) is 0 Å². The predicted molar refractivity (Wildman–Crippen MR) is 65.1 cm³/mol. The molecule has 1 heterocycles. The Morgan fingerprint density at radius 2 is 2.31 bits per heavy atom. The van der Waals surface area contributed by atoms with Crippen LogP contribution >= 0.6 is 0 Å². The molecule has 4 nitrogen and oxygen atoms in total. The first-order valence-corrected chi connectivity index (χ1v) is 6.51. The van der Waals surface area contributed by atoms with Crippen LogP contribution in [-0.2, 0) is 15.6 Å². The third-order valence-corrected chi connectivity index (χ3v) is 3.40. The van der Waals surface area contributed by atoms with Crippen molar-refractivity contribution in [2.45, 2.75) is 25.7 Å². The number of aromatic nitrogens is 1. The molecular weight excluding hydrogens is 224 g/mol. The van der Waals surface area contributed by atoms with E-state index >= 15 is 0 Å². The maximum Gasteiger partial charge on any atom is 0.114 e. The van der Waals surface area contributed by atoms with Gasteiger partial charge in [-0.25, -0.2) is 0 Å². The molecule has 0 amide bonds. The number of oxime groups is 1. The van der Waals surface area contributed by atoms with Crippen molar-refractivity contribution in [1.82, 2.24) is 4.98 Å². The molecule has 16 heavy (non-hydrogen) atoms. The van der Waals surface area contributed by atoms with E-state index in [4.69, 9.17) is 4.84 Å². The summed E-state index contributed by atoms with van der Waals surface area (Å²) in [5, 5.41) is 3.75. The van der Waals surface area contributed by atoms with Crippen LogP contribution < -0.4 is 0 Å². The summed E-state index contributed by atoms with van der Waals surface area (Å²) >= 11 is 0. The van der Waals surface area contributed by atoms with Crippen molar-refractivity contribution >= 4 is 17.0 Å². The lowest BCUT2D eigenvalue weighted by atomic mass is 10.3. The van der Waals surface area contributed by atoms with Crippen molar-refractivity contribution in [2.24, 2.45) is 5.16 Å². The average Bonchev–Trinajstić information content (AvgIpc) is 2.30. The first-order valence-electron chi connectivity index (χ1n) is 5.19. The van der Waals surface area contributed by atoms with Crippen molar-refractivity contribution in [3.8, 4) is 0 Å². The van der Waals surface area contributed by atoms with Gasteiger partial charge in [0.05, 0.1) is 27.6 Å². The molecule has 0 N–H and O–H groups in total. The van der Waals surface area contributed by atoms with Gasteiger partial charge in [-0.15, -0.1) is 0 Å². The standard InChI is InChI=1S/C11H16N2O2S/c1-4-15-13-8-10-6-11(16(14)5-2)9(3)12-7-10/h6-8H,4-5H2,1-3H3/b13-8+. The molecule has 0 bridgehead atoms. The van der Waals surface area contributed by atoms with Gasteiger partial charge in [0.15, 0.2) is 0 Å². The fraction of sp³-hybridized carbons (Fsp3) is 0.455. The molecule has 0 fully saturated rings. The second-order valence-electron chi connectivity index (χ2n) is 3.14. The van der Waals surface area contributed by atoms with Crippen LogP contribution in [0.2, 0.25) is 0 Å². The van der Waals surface area contributed by atoms with Gasteiger partial charge >= 0.3 is 0 Å². The van der Waals surface area contributed by atoms with E-state index < -0.39 is 10.8 Å². The molecule has 1 aromatic rings. The number of rotatable bonds is 5. The van der Waals surface area contributed by atoms with Gasteiger partial charge in [-0.05, 0) is 19.9 Å². The van der Waals surface area contributed by atoms with Crippen LogP contribution in [0.25, 0.3) is 0 Å². The van der Waals surface area contributed by atoms with Crippen LogP contribution in [0.5, 0.6) is 0 Å². The number of nitrogens with zero attached hydrogens (tertiary/aromatic N) is 2. The maximum absolute atomic E-state index is 11.7. The largest absolute Gasteiger partial charge is 0.396 e. The Labute approximate surface area is 98.2 Å². The van der Waals surface area contributed by atoms with Gasteiger partial charge in [0, 0.05) is 17.5 Å². The second kappa shape index (κ2) is 6.37. The SMILES string of the molecule is CCO/N=C/c1cnc(C)c(S(=O)CC)c1. The van der Waals surface area contributed by atoms with E-state index in [1.165, 1.54) is 0 Å². The van der Waals surface area contributed by atoms with Gasteiger partial charge in [0.1, 0.15) is 6.61 Å². The Kier molecular flexibility index (Phi) is 5.11. The molecule has 1 rings (SSSR count). The lowest BCUT2D eigenvalue weighted by Crippen LogP contribution is -2.00. The minimum Gasteiger partial charge on any atom is -0.396 e. The maximum atomic E-state index is 11.7. The normalized spacial score (nSPS) is 12.9. The van der Waals surface area contributed by atoms with Gasteiger partial charge in [0.25, 0.3) is 0 Å². The van der Waals surface area contributed by atoms with Crippen molar-refractivity contribution in [3.05, 3.63) is 23.5 Å². The van der Waals surface area contributed by atoms with E-state index in [1.807, 2.05) is 26.8 Å². The van der Waals surface area contributed by atoms with E-state index in [1.54, 1.807) is 12.4 Å². The zero-order valence-corrected chi connectivity index (χ0v) is 10.6. The number of aryl methyl sites for hydroxylation is 1. The Morgan fingerprint density at radius 1 is 1.56 bits per heavy atom. The Bertz CT molecular complexity index is 405. The Balaban J connectivity index is 2.93. The zero-order chi connectivity index (χ0) is 12.0. The quantitative estimate of drug-likeness (QED) is 0.583. The summed E-state index contributed by atoms with van der Waals surface area (Å²) in [5.74, 6) is 0.592. The molecule has 0 aliphatic rings. The van der Waals surface area contributed by atoms with E-state index in [0.29, 0.717) is 12.4 Å². The van der Waals surface area contributed by atoms with E-state index in [0.717, 1.165) is 16.2 Å². The minimum absolute atomic E-state index is 0.531. The summed E-state index contributed by atoms with van der Waals surface area (Å²) in [6, 6.07) is 1.84. The molecule has 88 valence electrons. The summed E-state index contributed by atoms with van der Waals surface area (Å²) in [6.45, 7) is 6.13. The predicted octanol–water partition coefficient (Wildman–Crippen LogP) is 1.89. The topological polar surface area (TPSA) is 51.6 Å². The summed E-state index contributed by atoms with van der Waals surface area (Å²) < 4.78 is 11.7. The van der Waals surface area contributed by atoms with Gasteiger partial charge in [-0.2, -0.15) is 0 Å². The molecule has 0 aliphatic heterocycles. The molecule has 0 radical (unpaired) electrons. The van der Waals surface area contributed by atoms with Gasteiger partial charge < -0.3 is 4.84 Å². The molecule has 0 saturated heterocycles. The van der Waals surface area contributed by atoms with Crippen molar-refractivity contribution in [1.29, 1.82) is 0 Å². The number of pyridine rings is 1. The fourth-order valence-electron chi connectivity index (χ4n) is 1.16. The molecule has 0 spiro atoms. The minimum atomic E-state index is -0.985. The summed E-state index contributed by atoms with van der Waals surface area (Å²) in [6.07, 6.45) is 3.26. The van der Waals surface area contributed by atoms with Crippen LogP contribution in [0.3, 0.4) is 0 Å². The molecule has 5 heteroatoms. The molecule has 0 aromatic carbocycles. The van der Waals surface area contributed by atoms with Crippen molar-refractivity contribution < 1.29 is 9.05 Å². The summed E-state index contributed by atoms with van der Waals surface area (Å²) in [7, 11) is -0.985. The van der Waals surface area contributed by atoms with Gasteiger partial charge in [-0.3, -0.25) is 9.19 Å². The molecule has 0 aliphatic carbocycles. The van der Waals surface area contributed by atoms with Crippen molar-refractivity contribution in [3.63, 3.8) is 0 Å². The molecule has 0 saturated carbocycles. The van der Waals surface area contributed by atoms with E-state index in [-0.39, 0.29) is 0 Å². The summed E-state index contributed by atoms with van der Waals surface area (Å²) in [4.78, 5) is 9.81. The highest BCUT2D eigenvalue weighted by atomic mass is 32.2. The second-order valence-corrected chi connectivity index (χ2v) is 4.85. The number of hydrogen-bond donors (Lipinski definition) is 0. The highest BCUT2D eigenvalue weighted by molar-refractivity contribution is 7.85. The fourth-order valence-corrected chi connectivity index (χ4v) is 2.12. The first kappa shape index (κ1) is 12.8. The van der Waals surface area contributed by atoms with E-state index in [2.05, 4.69) is 10.1 Å². The summed E-state index contributed by atoms with van der Waals surface area (Å²) in [5.41, 5.74) is 1.60. The highest BCUT2D eigenvalue weighted by Crippen LogP contribution is 2.12. The molecule has 1 aromatic heterocycles. The lowest BCUT2D eigenvalue weighted by Gasteiger charge is -2.03. The third kappa shape index (κ3) is 3.41. The lowest BCUT2D eigenvalue weighted by molar-refractivity contribution is 0.160. The smallest absolute Gasteiger partial charge is 0.114 e. The van der Waals surface area contributed by atoms with Crippen LogP contribution in [0.15, 0.2) is 22.3 Å². The Hall–Kier alpha value is -1.23. The molecular formula is C11H16N2O2S. The van der Waals surface area contributed by atoms with Crippen molar-refractivity contribution in [2.75, 3.05) is 12.4 Å². The van der Waals surface area contributed by atoms with Crippen LogP contribution in [-0.4, -0.2) is 27.8 Å². The first-order chi connectivity index (χ1) is 7.69. The Morgan fingerprint density at radius 3 is 2.94 bits per heavy atom. The number of hydrogen-bond acceptors (Lipinski definition) is 4. The van der Waals surface area contributed by atoms with E-state index in [9.17, 15) is 4.21 Å². The average molecular weight is 240 g/mol.